The van der Waals surface area contributed by atoms with Crippen molar-refractivity contribution in [3.8, 4) is 6.07 Å². The Balaban J connectivity index is 1.83. The third kappa shape index (κ3) is 2.32. The van der Waals surface area contributed by atoms with Gasteiger partial charge in [-0.25, -0.2) is 0 Å². The van der Waals surface area contributed by atoms with Crippen molar-refractivity contribution in [3.63, 3.8) is 0 Å². The molecule has 3 rings (SSSR count). The Morgan fingerprint density at radius 2 is 1.95 bits per heavy atom. The molecule has 1 aromatic rings. The standard InChI is InChI=1S/C17H20N2O2/c18-10-14-16(12-6-2-1-3-7-12)15(11-20)19(14)17(21)13-8-4-5-9-13/h1-3,6-7,13-16,20H,4-5,8-9,11H2/t14-,15+,16+/m1/s1. The maximum atomic E-state index is 12.6. The second kappa shape index (κ2) is 5.87. The highest BCUT2D eigenvalue weighted by Crippen LogP contribution is 2.42. The maximum absolute atomic E-state index is 12.6. The number of amides is 1. The van der Waals surface area contributed by atoms with Crippen LogP contribution in [-0.4, -0.2) is 34.6 Å². The van der Waals surface area contributed by atoms with Gasteiger partial charge < -0.3 is 10.0 Å². The van der Waals surface area contributed by atoms with Crippen LogP contribution < -0.4 is 0 Å². The van der Waals surface area contributed by atoms with E-state index in [0.29, 0.717) is 0 Å². The molecule has 1 aliphatic carbocycles. The molecule has 1 heterocycles. The zero-order chi connectivity index (χ0) is 14.8. The third-order valence-electron chi connectivity index (χ3n) is 4.87. The normalized spacial score (nSPS) is 29.0. The molecule has 1 N–H and O–H groups in total. The lowest BCUT2D eigenvalue weighted by atomic mass is 9.75. The van der Waals surface area contributed by atoms with Crippen molar-refractivity contribution in [2.45, 2.75) is 43.7 Å². The lowest BCUT2D eigenvalue weighted by Crippen LogP contribution is -2.66. The minimum absolute atomic E-state index is 0.0478. The van der Waals surface area contributed by atoms with E-state index in [1.54, 1.807) is 4.90 Å². The Morgan fingerprint density at radius 3 is 2.52 bits per heavy atom. The van der Waals surface area contributed by atoms with Gasteiger partial charge in [0.15, 0.2) is 0 Å². The molecule has 3 atom stereocenters. The first-order valence-corrected chi connectivity index (χ1v) is 7.65. The fourth-order valence-corrected chi connectivity index (χ4v) is 3.77. The predicted molar refractivity (Wildman–Crippen MR) is 78.3 cm³/mol. The van der Waals surface area contributed by atoms with E-state index >= 15 is 0 Å². The van der Waals surface area contributed by atoms with Crippen LogP contribution >= 0.6 is 0 Å². The molecule has 1 saturated carbocycles. The maximum Gasteiger partial charge on any atom is 0.227 e. The summed E-state index contributed by atoms with van der Waals surface area (Å²) in [5.41, 5.74) is 1.03. The van der Waals surface area contributed by atoms with Gasteiger partial charge in [0.05, 0.1) is 18.7 Å². The average Bonchev–Trinajstić information content (AvgIpc) is 3.02. The average molecular weight is 284 g/mol. The molecule has 0 aromatic heterocycles. The molecule has 0 radical (unpaired) electrons. The molecule has 1 aliphatic heterocycles. The van der Waals surface area contributed by atoms with E-state index in [2.05, 4.69) is 6.07 Å². The van der Waals surface area contributed by atoms with Crippen LogP contribution in [0.2, 0.25) is 0 Å². The van der Waals surface area contributed by atoms with Crippen LogP contribution in [0, 0.1) is 17.2 Å². The van der Waals surface area contributed by atoms with Gasteiger partial charge in [0.1, 0.15) is 6.04 Å². The summed E-state index contributed by atoms with van der Waals surface area (Å²) in [6.07, 6.45) is 4.02. The number of rotatable bonds is 3. The van der Waals surface area contributed by atoms with Crippen LogP contribution in [0.15, 0.2) is 30.3 Å². The van der Waals surface area contributed by atoms with E-state index < -0.39 is 6.04 Å². The smallest absolute Gasteiger partial charge is 0.227 e. The summed E-state index contributed by atoms with van der Waals surface area (Å²) in [6.45, 7) is -0.0871. The highest BCUT2D eigenvalue weighted by atomic mass is 16.3. The van der Waals surface area contributed by atoms with Crippen LogP contribution in [0.25, 0.3) is 0 Å². The van der Waals surface area contributed by atoms with E-state index in [1.807, 2.05) is 30.3 Å². The van der Waals surface area contributed by atoms with Crippen LogP contribution in [-0.2, 0) is 4.79 Å². The molecule has 110 valence electrons. The summed E-state index contributed by atoms with van der Waals surface area (Å²) in [6, 6.07) is 11.3. The molecule has 2 fully saturated rings. The number of likely N-dealkylation sites (tertiary alicyclic amines) is 1. The Hall–Kier alpha value is -1.86. The van der Waals surface area contributed by atoms with Crippen molar-refractivity contribution < 1.29 is 9.90 Å². The summed E-state index contributed by atoms with van der Waals surface area (Å²) >= 11 is 0. The Labute approximate surface area is 125 Å². The minimum atomic E-state index is -0.447. The van der Waals surface area contributed by atoms with Gasteiger partial charge in [-0.1, -0.05) is 43.2 Å². The fraction of sp³-hybridized carbons (Fsp3) is 0.529. The summed E-state index contributed by atoms with van der Waals surface area (Å²) in [5.74, 6) is 0.0310. The number of hydrogen-bond donors (Lipinski definition) is 1. The molecular formula is C17H20N2O2. The molecule has 2 aliphatic rings. The van der Waals surface area contributed by atoms with Gasteiger partial charge in [-0.15, -0.1) is 0 Å². The molecule has 1 saturated heterocycles. The van der Waals surface area contributed by atoms with Gasteiger partial charge in [-0.2, -0.15) is 5.26 Å². The lowest BCUT2D eigenvalue weighted by Gasteiger charge is -2.52. The van der Waals surface area contributed by atoms with Crippen molar-refractivity contribution in [3.05, 3.63) is 35.9 Å². The van der Waals surface area contributed by atoms with Gasteiger partial charge in [0, 0.05) is 11.8 Å². The first-order valence-electron chi connectivity index (χ1n) is 7.65. The Kier molecular flexibility index (Phi) is 3.94. The minimum Gasteiger partial charge on any atom is -0.394 e. The molecule has 4 heteroatoms. The molecule has 0 spiro atoms. The van der Waals surface area contributed by atoms with E-state index in [1.165, 1.54) is 0 Å². The number of benzene rings is 1. The van der Waals surface area contributed by atoms with E-state index in [4.69, 9.17) is 0 Å². The number of nitriles is 1. The van der Waals surface area contributed by atoms with E-state index in [9.17, 15) is 15.2 Å². The van der Waals surface area contributed by atoms with Crippen molar-refractivity contribution in [2.24, 2.45) is 5.92 Å². The topological polar surface area (TPSA) is 64.3 Å². The summed E-state index contributed by atoms with van der Waals surface area (Å²) in [5, 5.41) is 19.2. The van der Waals surface area contributed by atoms with E-state index in [0.717, 1.165) is 31.2 Å². The highest BCUT2D eigenvalue weighted by Gasteiger charge is 2.52. The SMILES string of the molecule is N#C[C@@H]1[C@H](c2ccccc2)[C@H](CO)N1C(=O)C1CCCC1. The molecule has 1 aromatic carbocycles. The summed E-state index contributed by atoms with van der Waals surface area (Å²) in [4.78, 5) is 14.2. The van der Waals surface area contributed by atoms with Crippen LogP contribution in [0.5, 0.6) is 0 Å². The molecular weight excluding hydrogens is 264 g/mol. The van der Waals surface area contributed by atoms with Crippen molar-refractivity contribution in [2.75, 3.05) is 6.61 Å². The molecule has 0 bridgehead atoms. The molecule has 21 heavy (non-hydrogen) atoms. The van der Waals surface area contributed by atoms with Gasteiger partial charge in [0.25, 0.3) is 0 Å². The van der Waals surface area contributed by atoms with Crippen molar-refractivity contribution in [1.29, 1.82) is 5.26 Å². The van der Waals surface area contributed by atoms with Crippen LogP contribution in [0.4, 0.5) is 0 Å². The summed E-state index contributed by atoms with van der Waals surface area (Å²) in [7, 11) is 0. The Bertz CT molecular complexity index is 546. The second-order valence-corrected chi connectivity index (χ2v) is 5.99. The summed E-state index contributed by atoms with van der Waals surface area (Å²) < 4.78 is 0. The zero-order valence-electron chi connectivity index (χ0n) is 12.0. The molecule has 4 nitrogen and oxygen atoms in total. The fourth-order valence-electron chi connectivity index (χ4n) is 3.77. The third-order valence-corrected chi connectivity index (χ3v) is 4.87. The number of aliphatic hydroxyl groups is 1. The van der Waals surface area contributed by atoms with Gasteiger partial charge in [-0.3, -0.25) is 4.79 Å². The monoisotopic (exact) mass is 284 g/mol. The van der Waals surface area contributed by atoms with Crippen molar-refractivity contribution >= 4 is 5.91 Å². The molecule has 0 unspecified atom stereocenters. The van der Waals surface area contributed by atoms with Gasteiger partial charge >= 0.3 is 0 Å². The number of carbonyl (C=O) groups is 1. The first kappa shape index (κ1) is 14.1. The van der Waals surface area contributed by atoms with E-state index in [-0.39, 0.29) is 30.4 Å². The van der Waals surface area contributed by atoms with Crippen LogP contribution in [0.3, 0.4) is 0 Å². The Morgan fingerprint density at radius 1 is 1.29 bits per heavy atom. The van der Waals surface area contributed by atoms with Gasteiger partial charge in [-0.05, 0) is 18.4 Å². The largest absolute Gasteiger partial charge is 0.394 e. The van der Waals surface area contributed by atoms with Gasteiger partial charge in [0.2, 0.25) is 5.91 Å². The predicted octanol–water partition coefficient (Wildman–Crippen LogP) is 2.06. The first-order chi connectivity index (χ1) is 10.3. The lowest BCUT2D eigenvalue weighted by molar-refractivity contribution is -0.151. The number of aliphatic hydroxyl groups excluding tert-OH is 1. The second-order valence-electron chi connectivity index (χ2n) is 5.99. The zero-order valence-corrected chi connectivity index (χ0v) is 12.0. The number of hydrogen-bond acceptors (Lipinski definition) is 3. The van der Waals surface area contributed by atoms with Crippen molar-refractivity contribution in [1.82, 2.24) is 4.90 Å². The van der Waals surface area contributed by atoms with Crippen LogP contribution in [0.1, 0.15) is 37.2 Å². The molecule has 1 amide bonds. The number of carbonyl (C=O) groups excluding carboxylic acids is 1. The quantitative estimate of drug-likeness (QED) is 0.924. The number of nitrogens with zero attached hydrogens (tertiary/aromatic N) is 2. The highest BCUT2D eigenvalue weighted by molar-refractivity contribution is 5.81.